The van der Waals surface area contributed by atoms with Gasteiger partial charge in [0.25, 0.3) is 11.8 Å². The lowest BCUT2D eigenvalue weighted by molar-refractivity contribution is -0.145. The third-order valence-electron chi connectivity index (χ3n) is 13.5. The Labute approximate surface area is 565 Å². The number of benzene rings is 1. The lowest BCUT2D eigenvalue weighted by Crippen LogP contribution is -2.60. The van der Waals surface area contributed by atoms with E-state index in [0.717, 1.165) is 12.2 Å². The minimum absolute atomic E-state index is 0.00252. The summed E-state index contributed by atoms with van der Waals surface area (Å²) in [7, 11) is -4.50. The summed E-state index contributed by atoms with van der Waals surface area (Å²) in [5.41, 5.74) is 0.463. The van der Waals surface area contributed by atoms with Gasteiger partial charge >= 0.3 is 43.4 Å². The van der Waals surface area contributed by atoms with E-state index in [1.165, 1.54) is 24.3 Å². The molecule has 1 aromatic carbocycles. The Morgan fingerprint density at radius 2 is 0.890 bits per heavy atom. The van der Waals surface area contributed by atoms with Crippen LogP contribution >= 0.6 is 7.60 Å². The smallest absolute Gasteiger partial charge is 0.328 e. The quantitative estimate of drug-likeness (QED) is 0.0125. The van der Waals surface area contributed by atoms with E-state index in [4.69, 9.17) is 33.5 Å². The molecule has 552 valence electrons. The Hall–Kier alpha value is -10.4. The number of nitrogens with one attached hydrogen (secondary N) is 10. The lowest BCUT2D eigenvalue weighted by Gasteiger charge is -2.26. The van der Waals surface area contributed by atoms with E-state index in [1.54, 1.807) is 0 Å². The van der Waals surface area contributed by atoms with Crippen molar-refractivity contribution in [3.05, 3.63) is 42.0 Å². The van der Waals surface area contributed by atoms with Crippen molar-refractivity contribution in [3.63, 3.8) is 0 Å². The van der Waals surface area contributed by atoms with Crippen LogP contribution < -0.4 is 53.2 Å². The van der Waals surface area contributed by atoms with Gasteiger partial charge in [0.1, 0.15) is 48.3 Å². The summed E-state index contributed by atoms with van der Waals surface area (Å²) in [6, 6.07) is -10.6. The van der Waals surface area contributed by atoms with Crippen LogP contribution in [0.3, 0.4) is 0 Å². The molecule has 2 aliphatic heterocycles. The van der Waals surface area contributed by atoms with Gasteiger partial charge in [-0.15, -0.1) is 0 Å². The molecule has 8 atom stereocenters. The molecular weight excluding hydrogens is 1370 g/mol. The normalized spacial score (nSPS) is 15.4. The van der Waals surface area contributed by atoms with Crippen LogP contribution in [0.4, 0.5) is 5.69 Å². The van der Waals surface area contributed by atoms with Crippen LogP contribution in [-0.4, -0.2) is 279 Å². The second kappa shape index (κ2) is 43.1. The van der Waals surface area contributed by atoms with Crippen molar-refractivity contribution in [1.29, 1.82) is 0 Å². The predicted octanol–water partition coefficient (Wildman–Crippen LogP) is -8.23. The zero-order valence-corrected chi connectivity index (χ0v) is 53.8. The van der Waals surface area contributed by atoms with Crippen LogP contribution in [0.5, 0.6) is 0 Å². The number of ether oxygens (including phenoxy) is 5. The van der Waals surface area contributed by atoms with E-state index in [0.29, 0.717) is 10.5 Å². The molecule has 2 heterocycles. The average Bonchev–Trinajstić information content (AvgIpc) is 1.61. The largest absolute Gasteiger partial charge is 0.481 e. The lowest BCUT2D eigenvalue weighted by atomic mass is 10.1. The van der Waals surface area contributed by atoms with Gasteiger partial charge in [0.05, 0.1) is 111 Å². The van der Waals surface area contributed by atoms with Crippen LogP contribution in [0.2, 0.25) is 0 Å². The number of esters is 1. The molecule has 12 amide bonds. The third kappa shape index (κ3) is 32.7. The van der Waals surface area contributed by atoms with E-state index in [9.17, 15) is 122 Å². The van der Waals surface area contributed by atoms with Gasteiger partial charge in [-0.05, 0) is 17.7 Å². The first-order valence-corrected chi connectivity index (χ1v) is 31.8. The van der Waals surface area contributed by atoms with Gasteiger partial charge in [0, 0.05) is 50.2 Å². The number of aliphatic hydroxyl groups is 1. The number of cyclic esters (lactones) is 1. The van der Waals surface area contributed by atoms with Gasteiger partial charge < -0.3 is 117 Å². The third-order valence-corrected chi connectivity index (χ3v) is 14.3. The second-order valence-electron chi connectivity index (χ2n) is 21.4. The predicted molar refractivity (Wildman–Crippen MR) is 326 cm³/mol. The van der Waals surface area contributed by atoms with Crippen molar-refractivity contribution in [3.8, 4) is 0 Å². The fourth-order valence-corrected chi connectivity index (χ4v) is 9.10. The minimum atomic E-state index is -4.50. The number of carbonyl (C=O) groups excluding carboxylic acids is 13. The van der Waals surface area contributed by atoms with Gasteiger partial charge in [-0.1, -0.05) is 12.1 Å². The Morgan fingerprint density at radius 1 is 0.490 bits per heavy atom. The fraction of sp³-hybridized carbons (Fsp3) is 0.536. The summed E-state index contributed by atoms with van der Waals surface area (Å²) >= 11 is 0. The monoisotopic (exact) mass is 1450 g/mol. The average molecular weight is 1450 g/mol. The number of aliphatic hydroxyl groups excluding tert-OH is 1. The highest BCUT2D eigenvalue weighted by Gasteiger charge is 2.39. The van der Waals surface area contributed by atoms with Crippen LogP contribution in [0, 0.1) is 0 Å². The molecule has 0 aromatic heterocycles. The van der Waals surface area contributed by atoms with Gasteiger partial charge in [0.2, 0.25) is 59.1 Å². The molecule has 0 saturated carbocycles. The number of carboxylic acid groups (broad SMARTS) is 5. The number of amides is 12. The number of aliphatic carboxylic acids is 5. The van der Waals surface area contributed by atoms with Gasteiger partial charge in [-0.3, -0.25) is 91.0 Å². The highest BCUT2D eigenvalue weighted by atomic mass is 31.2. The molecule has 0 radical (unpaired) electrons. The molecule has 0 unspecified atom stereocenters. The molecule has 2 aliphatic rings. The van der Waals surface area contributed by atoms with Crippen molar-refractivity contribution in [2.75, 3.05) is 84.0 Å². The summed E-state index contributed by atoms with van der Waals surface area (Å²) in [4.78, 5) is 248. The van der Waals surface area contributed by atoms with E-state index in [-0.39, 0.29) is 84.7 Å². The molecule has 43 nitrogen and oxygen atoms in total. The number of imide groups is 1. The number of carboxylic acids is 5. The topological polar surface area (TPSA) is 656 Å². The van der Waals surface area contributed by atoms with Crippen LogP contribution in [0.25, 0.3) is 0 Å². The Morgan fingerprint density at radius 3 is 1.28 bits per heavy atom. The molecule has 18 N–H and O–H groups in total. The maximum Gasteiger partial charge on any atom is 0.328 e. The standard InChI is InChI=1S/C56H76N11O32P/c68-28-29-1-3-30(4-2-29)59-49(84)33(22-44(74)75)62-51(86)35(24-46(78)79)64-53(88)37(26-48(82)83)66-54(89)36(25-47(80)81)65-52(87)34(23-45(76)77)63-50(85)32(21-41(71)60-31-7-12-99-56(31)91)61-40(70)8-11-95-14-16-97-18-19-98-17-15-96-13-10-57-55(90)38(67-42(72)5-6-43(67)73)27-58-39(69)9-20-100(92,93)94/h1-6,31-38,68H,7-28H2,(H,57,90)(H,58,69)(H,59,84)(H,60,71)(H,61,70)(H,62,86)(H,63,85)(H,64,88)(H,65,87)(H,66,89)(H,74,75)(H,76,77)(H,78,79)(H,80,81)(H,82,83)(H2,92,93,94)/t31-,32-,33-,34-,35-,36-,37-,38-/m0/s1. The number of hydrogen-bond donors (Lipinski definition) is 18. The summed E-state index contributed by atoms with van der Waals surface area (Å²) in [6.07, 6.45) is -7.65. The Kier molecular flexibility index (Phi) is 36.1. The van der Waals surface area contributed by atoms with Crippen LogP contribution in [-0.2, 0) is 121 Å². The first-order chi connectivity index (χ1) is 47.2. The Bertz CT molecular complexity index is 3220. The highest BCUT2D eigenvalue weighted by Crippen LogP contribution is 2.34. The molecule has 0 spiro atoms. The van der Waals surface area contributed by atoms with Crippen LogP contribution in [0.1, 0.15) is 63.4 Å². The maximum absolute atomic E-state index is 13.9. The van der Waals surface area contributed by atoms with Crippen molar-refractivity contribution in [1.82, 2.24) is 52.8 Å². The highest BCUT2D eigenvalue weighted by molar-refractivity contribution is 7.51. The first-order valence-electron chi connectivity index (χ1n) is 30.0. The van der Waals surface area contributed by atoms with E-state index >= 15 is 0 Å². The number of hydrogen-bond acceptors (Lipinski definition) is 25. The molecule has 3 rings (SSSR count). The Balaban J connectivity index is 1.58. The second-order valence-corrected chi connectivity index (χ2v) is 23.1. The summed E-state index contributed by atoms with van der Waals surface area (Å²) in [5, 5.41) is 78.4. The molecule has 1 saturated heterocycles. The molecule has 1 aromatic rings. The van der Waals surface area contributed by atoms with Gasteiger partial charge in [-0.2, -0.15) is 0 Å². The van der Waals surface area contributed by atoms with Gasteiger partial charge in [-0.25, -0.2) is 4.79 Å². The van der Waals surface area contributed by atoms with Crippen molar-refractivity contribution >= 4 is 120 Å². The summed E-state index contributed by atoms with van der Waals surface area (Å²) in [5.74, 6) is -24.4. The first kappa shape index (κ1) is 83.8. The molecule has 0 aliphatic carbocycles. The van der Waals surface area contributed by atoms with Crippen LogP contribution in [0.15, 0.2) is 36.4 Å². The molecule has 1 fully saturated rings. The zero-order chi connectivity index (χ0) is 74.6. The van der Waals surface area contributed by atoms with Gasteiger partial charge in [0.15, 0.2) is 0 Å². The summed E-state index contributed by atoms with van der Waals surface area (Å²) in [6.45, 7) is -1.50. The van der Waals surface area contributed by atoms with E-state index in [1.807, 2.05) is 26.6 Å². The fourth-order valence-electron chi connectivity index (χ4n) is 8.60. The SMILES string of the molecule is O=C(O)C[C@H](NC(=O)[C@H](CC(=O)O)NC(=O)[C@H](CC(=O)O)NC(=O)[C@H](CC(=O)O)NC(=O)[C@H](CC(=O)O)NC(=O)[C@H](CC(=O)N[C@H]1CCOC1=O)NC(=O)CCOCCOCCOCCOCCNC(=O)[C@H](CNC(=O)CCP(=O)(O)O)N1C(=O)C=CC1=O)C(=O)Nc1ccc(CO)cc1. The van der Waals surface area contributed by atoms with Crippen molar-refractivity contribution < 1.29 is 155 Å². The van der Waals surface area contributed by atoms with E-state index < -0.39 is 227 Å². The number of carbonyl (C=O) groups is 18. The zero-order valence-electron chi connectivity index (χ0n) is 52.9. The van der Waals surface area contributed by atoms with Crippen molar-refractivity contribution in [2.45, 2.75) is 113 Å². The molecule has 0 bridgehead atoms. The number of rotatable bonds is 49. The van der Waals surface area contributed by atoms with Crippen molar-refractivity contribution in [2.24, 2.45) is 0 Å². The molecule has 44 heteroatoms. The number of nitrogens with zero attached hydrogens (tertiary/aromatic N) is 1. The minimum Gasteiger partial charge on any atom is -0.481 e. The van der Waals surface area contributed by atoms with E-state index in [2.05, 4.69) is 26.6 Å². The number of anilines is 1. The molecule has 100 heavy (non-hydrogen) atoms. The molecular formula is C56H76N11O32P. The summed E-state index contributed by atoms with van der Waals surface area (Å²) < 4.78 is 37.5. The maximum atomic E-state index is 13.9.